The Morgan fingerprint density at radius 2 is 2.17 bits per heavy atom. The normalized spacial score (nSPS) is 10.4. The second kappa shape index (κ2) is 4.89. The molecule has 0 fully saturated rings. The highest BCUT2D eigenvalue weighted by Crippen LogP contribution is 2.18. The number of nitrogens with one attached hydrogen (secondary N) is 1. The standard InChI is InChI=1S/C12H11BrFN3O/c1-7-5-11(17(2)16-7)15-12(18)8-3-4-10(14)9(13)6-8/h3-6H,1-2H3,(H,15,18). The summed E-state index contributed by atoms with van der Waals surface area (Å²) in [5.41, 5.74) is 1.19. The number of nitrogens with zero attached hydrogens (tertiary/aromatic N) is 2. The number of benzene rings is 1. The number of aromatic nitrogens is 2. The van der Waals surface area contributed by atoms with Crippen LogP contribution >= 0.6 is 15.9 Å². The third-order valence-electron chi connectivity index (χ3n) is 2.43. The maximum atomic E-state index is 13.1. The van der Waals surface area contributed by atoms with Gasteiger partial charge in [-0.15, -0.1) is 0 Å². The van der Waals surface area contributed by atoms with Gasteiger partial charge in [0.15, 0.2) is 0 Å². The summed E-state index contributed by atoms with van der Waals surface area (Å²) in [6.07, 6.45) is 0. The predicted octanol–water partition coefficient (Wildman–Crippen LogP) is 2.88. The first-order valence-corrected chi connectivity index (χ1v) is 6.03. The second-order valence-corrected chi connectivity index (χ2v) is 4.73. The molecule has 0 bridgehead atoms. The van der Waals surface area contributed by atoms with Crippen LogP contribution < -0.4 is 5.32 Å². The van der Waals surface area contributed by atoms with Crippen molar-refractivity contribution in [2.75, 3.05) is 5.32 Å². The van der Waals surface area contributed by atoms with E-state index in [0.29, 0.717) is 11.4 Å². The zero-order chi connectivity index (χ0) is 13.3. The van der Waals surface area contributed by atoms with Gasteiger partial charge in [0, 0.05) is 18.7 Å². The molecule has 0 unspecified atom stereocenters. The van der Waals surface area contributed by atoms with Crippen LogP contribution in [0, 0.1) is 12.7 Å². The summed E-state index contributed by atoms with van der Waals surface area (Å²) in [5.74, 6) is -0.112. The van der Waals surface area contributed by atoms with Crippen molar-refractivity contribution in [3.05, 3.63) is 45.8 Å². The van der Waals surface area contributed by atoms with Crippen LogP contribution in [-0.2, 0) is 7.05 Å². The summed E-state index contributed by atoms with van der Waals surface area (Å²) in [7, 11) is 1.74. The molecule has 0 aliphatic heterocycles. The molecule has 0 aliphatic rings. The first-order chi connectivity index (χ1) is 8.47. The van der Waals surface area contributed by atoms with E-state index in [-0.39, 0.29) is 10.4 Å². The third-order valence-corrected chi connectivity index (χ3v) is 3.03. The molecule has 6 heteroatoms. The van der Waals surface area contributed by atoms with Gasteiger partial charge in [0.1, 0.15) is 11.6 Å². The SMILES string of the molecule is Cc1cc(NC(=O)c2ccc(F)c(Br)c2)n(C)n1. The van der Waals surface area contributed by atoms with E-state index in [1.165, 1.54) is 18.2 Å². The highest BCUT2D eigenvalue weighted by Gasteiger charge is 2.11. The summed E-state index contributed by atoms with van der Waals surface area (Å²) in [5, 5.41) is 6.83. The van der Waals surface area contributed by atoms with E-state index in [0.717, 1.165) is 5.69 Å². The van der Waals surface area contributed by atoms with E-state index < -0.39 is 5.82 Å². The number of carbonyl (C=O) groups excluding carboxylic acids is 1. The van der Waals surface area contributed by atoms with Crippen LogP contribution in [0.15, 0.2) is 28.7 Å². The molecule has 0 saturated carbocycles. The number of amides is 1. The Bertz CT molecular complexity index is 609. The second-order valence-electron chi connectivity index (χ2n) is 3.88. The molecule has 2 rings (SSSR count). The molecule has 94 valence electrons. The molecular formula is C12H11BrFN3O. The third kappa shape index (κ3) is 2.59. The lowest BCUT2D eigenvalue weighted by atomic mass is 10.2. The zero-order valence-corrected chi connectivity index (χ0v) is 11.5. The lowest BCUT2D eigenvalue weighted by Crippen LogP contribution is -2.14. The molecule has 1 heterocycles. The minimum atomic E-state index is -0.400. The predicted molar refractivity (Wildman–Crippen MR) is 70.0 cm³/mol. The van der Waals surface area contributed by atoms with Crippen molar-refractivity contribution in [1.82, 2.24) is 9.78 Å². The molecule has 1 aromatic carbocycles. The quantitative estimate of drug-likeness (QED) is 0.927. The molecule has 1 amide bonds. The molecule has 18 heavy (non-hydrogen) atoms. The van der Waals surface area contributed by atoms with E-state index in [1.807, 2.05) is 6.92 Å². The van der Waals surface area contributed by atoms with Crippen molar-refractivity contribution in [2.24, 2.45) is 7.05 Å². The molecule has 2 aromatic rings. The summed E-state index contributed by atoms with van der Waals surface area (Å²) in [6, 6.07) is 5.87. The van der Waals surface area contributed by atoms with Gasteiger partial charge in [0.2, 0.25) is 0 Å². The molecule has 0 spiro atoms. The van der Waals surface area contributed by atoms with Crippen LogP contribution in [-0.4, -0.2) is 15.7 Å². The van der Waals surface area contributed by atoms with Gasteiger partial charge in [-0.3, -0.25) is 9.48 Å². The Labute approximate surface area is 112 Å². The topological polar surface area (TPSA) is 46.9 Å². The summed E-state index contributed by atoms with van der Waals surface area (Å²) in [6.45, 7) is 1.84. The molecule has 1 aromatic heterocycles. The van der Waals surface area contributed by atoms with Gasteiger partial charge in [-0.25, -0.2) is 4.39 Å². The van der Waals surface area contributed by atoms with Crippen LogP contribution in [0.2, 0.25) is 0 Å². The monoisotopic (exact) mass is 311 g/mol. The Morgan fingerprint density at radius 3 is 2.72 bits per heavy atom. The Morgan fingerprint density at radius 1 is 1.44 bits per heavy atom. The van der Waals surface area contributed by atoms with Gasteiger partial charge in [0.05, 0.1) is 10.2 Å². The van der Waals surface area contributed by atoms with Crippen molar-refractivity contribution >= 4 is 27.7 Å². The van der Waals surface area contributed by atoms with Gasteiger partial charge < -0.3 is 5.32 Å². The van der Waals surface area contributed by atoms with Crippen LogP contribution in [0.25, 0.3) is 0 Å². The zero-order valence-electron chi connectivity index (χ0n) is 9.87. The van der Waals surface area contributed by atoms with Gasteiger partial charge in [-0.05, 0) is 41.1 Å². The first kappa shape index (κ1) is 12.8. The van der Waals surface area contributed by atoms with Crippen molar-refractivity contribution in [2.45, 2.75) is 6.92 Å². The molecule has 1 N–H and O–H groups in total. The van der Waals surface area contributed by atoms with Gasteiger partial charge in [0.25, 0.3) is 5.91 Å². The number of hydrogen-bond donors (Lipinski definition) is 1. The average molecular weight is 312 g/mol. The maximum Gasteiger partial charge on any atom is 0.256 e. The molecule has 0 aliphatic carbocycles. The molecule has 4 nitrogen and oxygen atoms in total. The van der Waals surface area contributed by atoms with E-state index >= 15 is 0 Å². The molecule has 0 saturated heterocycles. The van der Waals surface area contributed by atoms with Crippen LogP contribution in [0.3, 0.4) is 0 Å². The number of carbonyl (C=O) groups is 1. The molecule has 0 atom stereocenters. The molecular weight excluding hydrogens is 301 g/mol. The van der Waals surface area contributed by atoms with E-state index in [9.17, 15) is 9.18 Å². The van der Waals surface area contributed by atoms with Crippen molar-refractivity contribution < 1.29 is 9.18 Å². The largest absolute Gasteiger partial charge is 0.307 e. The number of rotatable bonds is 2. The Balaban J connectivity index is 2.22. The number of anilines is 1. The van der Waals surface area contributed by atoms with Crippen molar-refractivity contribution in [3.63, 3.8) is 0 Å². The fourth-order valence-corrected chi connectivity index (χ4v) is 1.93. The highest BCUT2D eigenvalue weighted by atomic mass is 79.9. The Kier molecular flexibility index (Phi) is 3.47. The highest BCUT2D eigenvalue weighted by molar-refractivity contribution is 9.10. The minimum Gasteiger partial charge on any atom is -0.307 e. The number of aryl methyl sites for hydroxylation is 2. The summed E-state index contributed by atoms with van der Waals surface area (Å²) >= 11 is 3.05. The van der Waals surface area contributed by atoms with E-state index in [2.05, 4.69) is 26.3 Å². The van der Waals surface area contributed by atoms with Crippen LogP contribution in [0.4, 0.5) is 10.2 Å². The van der Waals surface area contributed by atoms with E-state index in [1.54, 1.807) is 17.8 Å². The lowest BCUT2D eigenvalue weighted by molar-refractivity contribution is 0.102. The molecule has 0 radical (unpaired) electrons. The number of hydrogen-bond acceptors (Lipinski definition) is 2. The van der Waals surface area contributed by atoms with Gasteiger partial charge >= 0.3 is 0 Å². The van der Waals surface area contributed by atoms with Gasteiger partial charge in [-0.2, -0.15) is 5.10 Å². The minimum absolute atomic E-state index is 0.260. The number of halogens is 2. The summed E-state index contributed by atoms with van der Waals surface area (Å²) < 4.78 is 14.9. The van der Waals surface area contributed by atoms with Crippen molar-refractivity contribution in [1.29, 1.82) is 0 Å². The van der Waals surface area contributed by atoms with Crippen LogP contribution in [0.5, 0.6) is 0 Å². The fraction of sp³-hybridized carbons (Fsp3) is 0.167. The maximum absolute atomic E-state index is 13.1. The smallest absolute Gasteiger partial charge is 0.256 e. The Hall–Kier alpha value is -1.69. The first-order valence-electron chi connectivity index (χ1n) is 5.24. The average Bonchev–Trinajstić information content (AvgIpc) is 2.61. The van der Waals surface area contributed by atoms with Gasteiger partial charge in [-0.1, -0.05) is 0 Å². The van der Waals surface area contributed by atoms with Crippen LogP contribution in [0.1, 0.15) is 16.1 Å². The lowest BCUT2D eigenvalue weighted by Gasteiger charge is -2.05. The fourth-order valence-electron chi connectivity index (χ4n) is 1.55. The van der Waals surface area contributed by atoms with E-state index in [4.69, 9.17) is 0 Å². The van der Waals surface area contributed by atoms with Crippen molar-refractivity contribution in [3.8, 4) is 0 Å². The summed E-state index contributed by atoms with van der Waals surface area (Å²) in [4.78, 5) is 11.9.